The summed E-state index contributed by atoms with van der Waals surface area (Å²) in [7, 11) is 0. The maximum Gasteiger partial charge on any atom is 0.122 e. The predicted octanol–water partition coefficient (Wildman–Crippen LogP) is 9.49. The van der Waals surface area contributed by atoms with Gasteiger partial charge in [0.05, 0.1) is 16.7 Å². The van der Waals surface area contributed by atoms with Crippen molar-refractivity contribution in [3.05, 3.63) is 146 Å². The van der Waals surface area contributed by atoms with Crippen molar-refractivity contribution in [1.29, 1.82) is 0 Å². The van der Waals surface area contributed by atoms with E-state index in [0.29, 0.717) is 0 Å². The van der Waals surface area contributed by atoms with Gasteiger partial charge >= 0.3 is 0 Å². The zero-order chi connectivity index (χ0) is 27.6. The lowest BCUT2D eigenvalue weighted by atomic mass is 9.96. The number of nitrogens with zero attached hydrogens (tertiary/aromatic N) is 4. The molecule has 42 heavy (non-hydrogen) atoms. The van der Waals surface area contributed by atoms with Crippen LogP contribution in [0.25, 0.3) is 76.9 Å². The van der Waals surface area contributed by atoms with Crippen molar-refractivity contribution in [3.63, 3.8) is 0 Å². The Balaban J connectivity index is 1.27. The summed E-state index contributed by atoms with van der Waals surface area (Å²) >= 11 is 0. The Bertz CT molecular complexity index is 2450. The van der Waals surface area contributed by atoms with Gasteiger partial charge in [0.15, 0.2) is 0 Å². The molecular weight excluding hydrogens is 512 g/mol. The Hall–Kier alpha value is -5.74. The molecule has 0 saturated carbocycles. The zero-order valence-corrected chi connectivity index (χ0v) is 22.6. The van der Waals surface area contributed by atoms with Crippen LogP contribution >= 0.6 is 0 Å². The highest BCUT2D eigenvalue weighted by Gasteiger charge is 2.15. The Kier molecular flexibility index (Phi) is 4.87. The molecule has 9 rings (SSSR count). The highest BCUT2D eigenvalue weighted by Crippen LogP contribution is 2.37. The van der Waals surface area contributed by atoms with Crippen LogP contribution in [0.4, 0.5) is 0 Å². The number of hydrogen-bond donors (Lipinski definition) is 0. The van der Waals surface area contributed by atoms with Crippen LogP contribution < -0.4 is 0 Å². The first-order valence-electron chi connectivity index (χ1n) is 14.2. The number of hydrogen-bond acceptors (Lipinski definition) is 2. The Morgan fingerprint density at radius 1 is 0.429 bits per heavy atom. The van der Waals surface area contributed by atoms with Crippen molar-refractivity contribution in [2.75, 3.05) is 0 Å². The fraction of sp³-hybridized carbons (Fsp3) is 0. The highest BCUT2D eigenvalue weighted by molar-refractivity contribution is 6.19. The summed E-state index contributed by atoms with van der Waals surface area (Å²) in [4.78, 5) is 1.74. The van der Waals surface area contributed by atoms with Gasteiger partial charge < -0.3 is 4.57 Å². The summed E-state index contributed by atoms with van der Waals surface area (Å²) in [6.07, 6.45) is 0. The molecule has 0 saturated heterocycles. The van der Waals surface area contributed by atoms with Crippen LogP contribution in [0.3, 0.4) is 0 Å². The van der Waals surface area contributed by atoms with Crippen LogP contribution in [0.5, 0.6) is 0 Å². The van der Waals surface area contributed by atoms with Gasteiger partial charge in [-0.15, -0.1) is 10.2 Å². The SMILES string of the molecule is c1ccc(-n2nc3ccc4ccc5ccc(-c6ccc7c(c6)c6ccccc6n7-c6ccccc6)cc5c4c3n2)cc1. The van der Waals surface area contributed by atoms with Crippen LogP contribution in [0, 0.1) is 0 Å². The summed E-state index contributed by atoms with van der Waals surface area (Å²) in [5.74, 6) is 0. The molecule has 0 unspecified atom stereocenters. The fourth-order valence-electron chi connectivity index (χ4n) is 6.38. The lowest BCUT2D eigenvalue weighted by Gasteiger charge is -2.09. The lowest BCUT2D eigenvalue weighted by Crippen LogP contribution is -1.97. The summed E-state index contributed by atoms with van der Waals surface area (Å²) in [6.45, 7) is 0. The topological polar surface area (TPSA) is 35.6 Å². The molecule has 0 radical (unpaired) electrons. The largest absolute Gasteiger partial charge is 0.309 e. The molecule has 4 nitrogen and oxygen atoms in total. The van der Waals surface area contributed by atoms with Crippen LogP contribution in [0.2, 0.25) is 0 Å². The highest BCUT2D eigenvalue weighted by atomic mass is 15.5. The molecule has 2 aromatic heterocycles. The van der Waals surface area contributed by atoms with E-state index in [1.807, 2.05) is 30.3 Å². The number of rotatable bonds is 3. The number of aromatic nitrogens is 4. The third kappa shape index (κ3) is 3.42. The van der Waals surface area contributed by atoms with E-state index in [1.54, 1.807) is 4.80 Å². The molecular formula is C38H24N4. The van der Waals surface area contributed by atoms with Gasteiger partial charge in [-0.3, -0.25) is 0 Å². The summed E-state index contributed by atoms with van der Waals surface area (Å²) < 4.78 is 2.36. The van der Waals surface area contributed by atoms with Gasteiger partial charge in [-0.05, 0) is 81.9 Å². The molecule has 0 amide bonds. The maximum absolute atomic E-state index is 4.97. The maximum atomic E-state index is 4.97. The van der Waals surface area contributed by atoms with E-state index >= 15 is 0 Å². The standard InChI is InChI=1S/C38H24N4/c1-3-9-29(10-4-1)41-35-14-8-7-13-31(35)33-24-28(20-22-36(33)41)27-18-16-25-15-17-26-19-21-34-38(37(26)32(25)23-27)40-42(39-34)30-11-5-2-6-12-30/h1-24H. The molecule has 9 aromatic rings. The second-order valence-electron chi connectivity index (χ2n) is 10.8. The summed E-state index contributed by atoms with van der Waals surface area (Å²) in [5, 5.41) is 17.0. The number of benzene rings is 7. The van der Waals surface area contributed by atoms with Crippen molar-refractivity contribution >= 4 is 54.4 Å². The molecule has 0 aliphatic carbocycles. The second kappa shape index (κ2) is 8.88. The van der Waals surface area contributed by atoms with Gasteiger partial charge in [0.2, 0.25) is 0 Å². The lowest BCUT2D eigenvalue weighted by molar-refractivity contribution is 0.766. The van der Waals surface area contributed by atoms with Crippen LogP contribution in [-0.2, 0) is 0 Å². The zero-order valence-electron chi connectivity index (χ0n) is 22.6. The molecule has 4 heteroatoms. The average Bonchev–Trinajstić information content (AvgIpc) is 3.64. The van der Waals surface area contributed by atoms with Crippen molar-refractivity contribution in [1.82, 2.24) is 19.6 Å². The van der Waals surface area contributed by atoms with Crippen LogP contribution in [0.15, 0.2) is 146 Å². The summed E-state index contributed by atoms with van der Waals surface area (Å²) in [5.41, 5.74) is 8.71. The smallest absolute Gasteiger partial charge is 0.122 e. The Morgan fingerprint density at radius 2 is 1.05 bits per heavy atom. The summed E-state index contributed by atoms with van der Waals surface area (Å²) in [6, 6.07) is 51.6. The minimum atomic E-state index is 0.888. The Labute approximate surface area is 241 Å². The van der Waals surface area contributed by atoms with Gasteiger partial charge in [-0.25, -0.2) is 0 Å². The third-order valence-electron chi connectivity index (χ3n) is 8.36. The molecule has 0 aliphatic rings. The molecule has 0 spiro atoms. The normalized spacial score (nSPS) is 11.8. The van der Waals surface area contributed by atoms with Crippen LogP contribution in [-0.4, -0.2) is 19.6 Å². The van der Waals surface area contributed by atoms with Gasteiger partial charge in [0.25, 0.3) is 0 Å². The van der Waals surface area contributed by atoms with E-state index in [1.165, 1.54) is 49.4 Å². The minimum absolute atomic E-state index is 0.888. The van der Waals surface area contributed by atoms with Crippen molar-refractivity contribution in [3.8, 4) is 22.5 Å². The van der Waals surface area contributed by atoms with E-state index in [2.05, 4.69) is 120 Å². The second-order valence-corrected chi connectivity index (χ2v) is 10.8. The molecule has 196 valence electrons. The van der Waals surface area contributed by atoms with Gasteiger partial charge in [-0.1, -0.05) is 91.0 Å². The first-order valence-corrected chi connectivity index (χ1v) is 14.2. The number of para-hydroxylation sites is 3. The van der Waals surface area contributed by atoms with Crippen molar-refractivity contribution in [2.24, 2.45) is 0 Å². The molecule has 0 aliphatic heterocycles. The molecule has 0 N–H and O–H groups in total. The Morgan fingerprint density at radius 3 is 1.88 bits per heavy atom. The van der Waals surface area contributed by atoms with E-state index in [4.69, 9.17) is 10.2 Å². The first-order chi connectivity index (χ1) is 20.8. The predicted molar refractivity (Wildman–Crippen MR) is 174 cm³/mol. The molecule has 2 heterocycles. The molecule has 0 bridgehead atoms. The average molecular weight is 537 g/mol. The fourth-order valence-corrected chi connectivity index (χ4v) is 6.38. The monoisotopic (exact) mass is 536 g/mol. The van der Waals surface area contributed by atoms with E-state index in [9.17, 15) is 0 Å². The van der Waals surface area contributed by atoms with E-state index in [-0.39, 0.29) is 0 Å². The minimum Gasteiger partial charge on any atom is -0.309 e. The molecule has 0 fully saturated rings. The quantitative estimate of drug-likeness (QED) is 0.211. The third-order valence-corrected chi connectivity index (χ3v) is 8.36. The van der Waals surface area contributed by atoms with Gasteiger partial charge in [-0.2, -0.15) is 4.80 Å². The van der Waals surface area contributed by atoms with E-state index < -0.39 is 0 Å². The van der Waals surface area contributed by atoms with Gasteiger partial charge in [0.1, 0.15) is 11.0 Å². The van der Waals surface area contributed by atoms with Crippen molar-refractivity contribution in [2.45, 2.75) is 0 Å². The number of fused-ring (bicyclic) bond motifs is 8. The van der Waals surface area contributed by atoms with Crippen LogP contribution in [0.1, 0.15) is 0 Å². The first kappa shape index (κ1) is 23.0. The molecule has 7 aromatic carbocycles. The van der Waals surface area contributed by atoms with Crippen molar-refractivity contribution < 1.29 is 0 Å². The van der Waals surface area contributed by atoms with E-state index in [0.717, 1.165) is 27.5 Å². The molecule has 0 atom stereocenters. The van der Waals surface area contributed by atoms with Gasteiger partial charge in [0, 0.05) is 21.8 Å².